The summed E-state index contributed by atoms with van der Waals surface area (Å²) in [4.78, 5) is 27.3. The molecule has 0 spiro atoms. The van der Waals surface area contributed by atoms with Gasteiger partial charge in [0.15, 0.2) is 5.69 Å². The first-order valence-corrected chi connectivity index (χ1v) is 9.23. The normalized spacial score (nSPS) is 10.9. The summed E-state index contributed by atoms with van der Waals surface area (Å²) in [6.45, 7) is 1.85. The van der Waals surface area contributed by atoms with Crippen molar-refractivity contribution >= 4 is 5.91 Å². The van der Waals surface area contributed by atoms with Gasteiger partial charge in [0, 0.05) is 11.8 Å². The van der Waals surface area contributed by atoms with E-state index in [1.54, 1.807) is 43.3 Å². The van der Waals surface area contributed by atoms with Crippen LogP contribution in [0.15, 0.2) is 80.8 Å². The van der Waals surface area contributed by atoms with Crippen LogP contribution in [-0.4, -0.2) is 20.6 Å². The number of para-hydroxylation sites is 1. The molecule has 1 amide bonds. The fraction of sp³-hybridized carbons (Fsp3) is 0.136. The summed E-state index contributed by atoms with van der Waals surface area (Å²) in [7, 11) is 0. The number of aryl methyl sites for hydroxylation is 1. The van der Waals surface area contributed by atoms with E-state index in [1.165, 1.54) is 40.3 Å². The van der Waals surface area contributed by atoms with Crippen LogP contribution >= 0.6 is 0 Å². The molecule has 0 unspecified atom stereocenters. The van der Waals surface area contributed by atoms with Crippen LogP contribution in [0.25, 0.3) is 5.69 Å². The van der Waals surface area contributed by atoms with Gasteiger partial charge in [0.2, 0.25) is 5.43 Å². The largest absolute Gasteiger partial charge is 0.467 e. The number of aromatic nitrogens is 2. The monoisotopic (exact) mass is 407 g/mol. The number of benzene rings is 1. The Hall–Kier alpha value is -3.94. The number of halogens is 1. The van der Waals surface area contributed by atoms with E-state index in [9.17, 15) is 14.0 Å². The van der Waals surface area contributed by atoms with Crippen LogP contribution in [0.2, 0.25) is 0 Å². The highest BCUT2D eigenvalue weighted by Gasteiger charge is 2.24. The second-order valence-electron chi connectivity index (χ2n) is 6.68. The molecular formula is C22H18FN3O4. The summed E-state index contributed by atoms with van der Waals surface area (Å²) in [6, 6.07) is 14.2. The Balaban J connectivity index is 1.74. The van der Waals surface area contributed by atoms with Crippen LogP contribution < -0.4 is 5.43 Å². The molecule has 0 N–H and O–H groups in total. The van der Waals surface area contributed by atoms with Crippen molar-refractivity contribution in [2.45, 2.75) is 20.0 Å². The first-order valence-electron chi connectivity index (χ1n) is 9.23. The van der Waals surface area contributed by atoms with Crippen LogP contribution in [0.4, 0.5) is 4.39 Å². The third-order valence-corrected chi connectivity index (χ3v) is 4.53. The lowest BCUT2D eigenvalue weighted by Gasteiger charge is -2.20. The van der Waals surface area contributed by atoms with Gasteiger partial charge in [-0.1, -0.05) is 12.1 Å². The van der Waals surface area contributed by atoms with Crippen LogP contribution in [0.3, 0.4) is 0 Å². The quantitative estimate of drug-likeness (QED) is 0.487. The van der Waals surface area contributed by atoms with Gasteiger partial charge in [-0.3, -0.25) is 9.59 Å². The van der Waals surface area contributed by atoms with Crippen LogP contribution in [0.5, 0.6) is 0 Å². The van der Waals surface area contributed by atoms with Gasteiger partial charge in [-0.25, -0.2) is 9.07 Å². The molecule has 4 aromatic rings. The van der Waals surface area contributed by atoms with Gasteiger partial charge in [0.25, 0.3) is 5.91 Å². The molecule has 0 fully saturated rings. The summed E-state index contributed by atoms with van der Waals surface area (Å²) in [6.07, 6.45) is 3.00. The SMILES string of the molecule is Cc1cc(=O)c(C(=O)N(Cc2ccco2)Cc2ccco2)nn1-c1ccccc1F. The first-order chi connectivity index (χ1) is 14.5. The average molecular weight is 407 g/mol. The van der Waals surface area contributed by atoms with Gasteiger partial charge >= 0.3 is 0 Å². The molecule has 8 heteroatoms. The third kappa shape index (κ3) is 3.93. The van der Waals surface area contributed by atoms with Crippen molar-refractivity contribution in [1.82, 2.24) is 14.7 Å². The molecule has 0 aliphatic heterocycles. The fourth-order valence-corrected chi connectivity index (χ4v) is 3.09. The molecule has 0 atom stereocenters. The van der Waals surface area contributed by atoms with E-state index in [0.717, 1.165) is 0 Å². The first kappa shape index (κ1) is 19.4. The lowest BCUT2D eigenvalue weighted by Crippen LogP contribution is -2.35. The Kier molecular flexibility index (Phi) is 5.30. The zero-order valence-electron chi connectivity index (χ0n) is 16.1. The zero-order chi connectivity index (χ0) is 21.1. The van der Waals surface area contributed by atoms with E-state index >= 15 is 0 Å². The predicted octanol–water partition coefficient (Wildman–Crippen LogP) is 3.71. The minimum absolute atomic E-state index is 0.112. The Labute approximate surface area is 171 Å². The number of rotatable bonds is 6. The van der Waals surface area contributed by atoms with Crippen molar-refractivity contribution in [3.8, 4) is 5.69 Å². The summed E-state index contributed by atoms with van der Waals surface area (Å²) in [5.74, 6) is -0.0519. The molecule has 0 aliphatic rings. The zero-order valence-corrected chi connectivity index (χ0v) is 16.1. The molecular weight excluding hydrogens is 389 g/mol. The van der Waals surface area contributed by atoms with Crippen molar-refractivity contribution in [1.29, 1.82) is 0 Å². The molecule has 4 rings (SSSR count). The summed E-state index contributed by atoms with van der Waals surface area (Å²) < 4.78 is 26.2. The molecule has 0 radical (unpaired) electrons. The van der Waals surface area contributed by atoms with Crippen LogP contribution in [-0.2, 0) is 13.1 Å². The van der Waals surface area contributed by atoms with E-state index in [0.29, 0.717) is 17.2 Å². The third-order valence-electron chi connectivity index (χ3n) is 4.53. The van der Waals surface area contributed by atoms with Gasteiger partial charge in [0.1, 0.15) is 23.0 Å². The minimum Gasteiger partial charge on any atom is -0.467 e. The standard InChI is InChI=1S/C22H18FN3O4/c1-15-12-20(27)21(24-26(15)19-9-3-2-8-18(19)23)22(28)25(13-16-6-4-10-29-16)14-17-7-5-11-30-17/h2-12H,13-14H2,1H3. The van der Waals surface area contributed by atoms with Crippen molar-refractivity contribution in [2.75, 3.05) is 0 Å². The topological polar surface area (TPSA) is 81.5 Å². The second kappa shape index (κ2) is 8.20. The number of hydrogen-bond acceptors (Lipinski definition) is 5. The smallest absolute Gasteiger partial charge is 0.279 e. The highest BCUT2D eigenvalue weighted by Crippen LogP contribution is 2.16. The Bertz CT molecular complexity index is 1180. The van der Waals surface area contributed by atoms with E-state index in [4.69, 9.17) is 8.83 Å². The lowest BCUT2D eigenvalue weighted by molar-refractivity contribution is 0.0695. The number of furan rings is 2. The van der Waals surface area contributed by atoms with Gasteiger partial charge in [-0.05, 0) is 43.3 Å². The van der Waals surface area contributed by atoms with Crippen molar-refractivity contribution in [2.24, 2.45) is 0 Å². The van der Waals surface area contributed by atoms with Crippen LogP contribution in [0.1, 0.15) is 27.7 Å². The highest BCUT2D eigenvalue weighted by atomic mass is 19.1. The molecule has 0 saturated carbocycles. The summed E-state index contributed by atoms with van der Waals surface area (Å²) >= 11 is 0. The Morgan fingerprint density at radius 2 is 1.67 bits per heavy atom. The molecule has 0 aliphatic carbocycles. The van der Waals surface area contributed by atoms with E-state index < -0.39 is 17.2 Å². The van der Waals surface area contributed by atoms with Crippen LogP contribution in [0, 0.1) is 12.7 Å². The summed E-state index contributed by atoms with van der Waals surface area (Å²) in [5, 5.41) is 4.19. The van der Waals surface area contributed by atoms with Gasteiger partial charge in [-0.2, -0.15) is 5.10 Å². The molecule has 3 heterocycles. The lowest BCUT2D eigenvalue weighted by atomic mass is 10.2. The fourth-order valence-electron chi connectivity index (χ4n) is 3.09. The predicted molar refractivity (Wildman–Crippen MR) is 106 cm³/mol. The minimum atomic E-state index is -0.613. The number of hydrogen-bond donors (Lipinski definition) is 0. The molecule has 152 valence electrons. The molecule has 7 nitrogen and oxygen atoms in total. The van der Waals surface area contributed by atoms with Crippen molar-refractivity contribution in [3.63, 3.8) is 0 Å². The second-order valence-corrected chi connectivity index (χ2v) is 6.68. The van der Waals surface area contributed by atoms with Crippen molar-refractivity contribution in [3.05, 3.63) is 106 Å². The van der Waals surface area contributed by atoms with E-state index in [2.05, 4.69) is 5.10 Å². The molecule has 3 aromatic heterocycles. The molecule has 0 bridgehead atoms. The molecule has 1 aromatic carbocycles. The maximum atomic E-state index is 14.3. The van der Waals surface area contributed by atoms with Gasteiger partial charge in [0.05, 0.1) is 25.6 Å². The maximum Gasteiger partial charge on any atom is 0.279 e. The van der Waals surface area contributed by atoms with E-state index in [-0.39, 0.29) is 24.5 Å². The summed E-state index contributed by atoms with van der Waals surface area (Å²) in [5.41, 5.74) is -0.311. The Morgan fingerprint density at radius 1 is 1.03 bits per heavy atom. The van der Waals surface area contributed by atoms with Gasteiger partial charge < -0.3 is 13.7 Å². The Morgan fingerprint density at radius 3 is 2.23 bits per heavy atom. The maximum absolute atomic E-state index is 14.3. The number of carbonyl (C=O) groups excluding carboxylic acids is 1. The molecule has 30 heavy (non-hydrogen) atoms. The van der Waals surface area contributed by atoms with E-state index in [1.807, 2.05) is 0 Å². The van der Waals surface area contributed by atoms with Crippen molar-refractivity contribution < 1.29 is 18.0 Å². The van der Waals surface area contributed by atoms with Gasteiger partial charge in [-0.15, -0.1) is 0 Å². The number of carbonyl (C=O) groups is 1. The highest BCUT2D eigenvalue weighted by molar-refractivity contribution is 5.92. The number of amides is 1. The number of nitrogens with zero attached hydrogens (tertiary/aromatic N) is 3. The average Bonchev–Trinajstić information content (AvgIpc) is 3.42. The molecule has 0 saturated heterocycles.